The number of phenols is 1. The van der Waals surface area contributed by atoms with Crippen molar-refractivity contribution in [2.75, 3.05) is 11.9 Å². The van der Waals surface area contributed by atoms with Gasteiger partial charge in [0.1, 0.15) is 5.76 Å². The zero-order valence-corrected chi connectivity index (χ0v) is 15.1. The van der Waals surface area contributed by atoms with Crippen molar-refractivity contribution in [1.82, 2.24) is 0 Å². The van der Waals surface area contributed by atoms with Crippen molar-refractivity contribution in [3.63, 3.8) is 0 Å². The molecule has 0 fully saturated rings. The number of halogens is 2. The molecular formula is C19H15Cl2NO3. The molecule has 0 spiro atoms. The van der Waals surface area contributed by atoms with Crippen molar-refractivity contribution in [2.45, 2.75) is 6.92 Å². The zero-order valence-electron chi connectivity index (χ0n) is 13.6. The van der Waals surface area contributed by atoms with Crippen LogP contribution in [-0.4, -0.2) is 18.1 Å². The minimum atomic E-state index is -0.267. The lowest BCUT2D eigenvalue weighted by Gasteiger charge is -2.18. The quantitative estimate of drug-likeness (QED) is 0.653. The maximum Gasteiger partial charge on any atom is 0.293 e. The van der Waals surface area contributed by atoms with Crippen LogP contribution in [0.2, 0.25) is 10.0 Å². The standard InChI is InChI=1S/C19H15Cl2NO3/c1-11-5-3-4-6-15(11)22(2)19(24)17-8-7-16(25-17)12-9-13(20)18(23)14(21)10-12/h3-10,23H,1-2H3. The van der Waals surface area contributed by atoms with Gasteiger partial charge in [0.05, 0.1) is 10.0 Å². The van der Waals surface area contributed by atoms with Gasteiger partial charge in [-0.2, -0.15) is 0 Å². The SMILES string of the molecule is Cc1ccccc1N(C)C(=O)c1ccc(-c2cc(Cl)c(O)c(Cl)c2)o1. The van der Waals surface area contributed by atoms with Crippen molar-refractivity contribution in [1.29, 1.82) is 0 Å². The van der Waals surface area contributed by atoms with E-state index in [-0.39, 0.29) is 27.5 Å². The molecule has 1 heterocycles. The summed E-state index contributed by atoms with van der Waals surface area (Å²) in [6, 6.07) is 13.9. The third-order valence-corrected chi connectivity index (χ3v) is 4.48. The molecule has 25 heavy (non-hydrogen) atoms. The first-order chi connectivity index (χ1) is 11.9. The van der Waals surface area contributed by atoms with Crippen LogP contribution in [0.3, 0.4) is 0 Å². The molecule has 0 aliphatic rings. The van der Waals surface area contributed by atoms with E-state index < -0.39 is 0 Å². The molecule has 0 bridgehead atoms. The van der Waals surface area contributed by atoms with Crippen LogP contribution >= 0.6 is 23.2 Å². The highest BCUT2D eigenvalue weighted by Crippen LogP contribution is 2.37. The Labute approximate surface area is 155 Å². The Bertz CT molecular complexity index is 926. The van der Waals surface area contributed by atoms with Gasteiger partial charge in [0, 0.05) is 18.3 Å². The normalized spacial score (nSPS) is 10.7. The predicted molar refractivity (Wildman–Crippen MR) is 99.7 cm³/mol. The van der Waals surface area contributed by atoms with E-state index in [2.05, 4.69) is 0 Å². The number of rotatable bonds is 3. The van der Waals surface area contributed by atoms with Gasteiger partial charge in [0.2, 0.25) is 0 Å². The van der Waals surface area contributed by atoms with Gasteiger partial charge in [-0.25, -0.2) is 0 Å². The molecule has 0 aliphatic carbocycles. The number of furan rings is 1. The first-order valence-electron chi connectivity index (χ1n) is 7.50. The second kappa shape index (κ2) is 6.82. The van der Waals surface area contributed by atoms with Crippen LogP contribution in [0.4, 0.5) is 5.69 Å². The van der Waals surface area contributed by atoms with Gasteiger partial charge in [-0.05, 0) is 42.8 Å². The molecule has 0 aliphatic heterocycles. The Balaban J connectivity index is 1.91. The number of phenolic OH excluding ortho intramolecular Hbond substituents is 1. The third kappa shape index (κ3) is 3.36. The number of hydrogen-bond acceptors (Lipinski definition) is 3. The maximum absolute atomic E-state index is 12.7. The number of aryl methyl sites for hydroxylation is 1. The molecular weight excluding hydrogens is 361 g/mol. The lowest BCUT2D eigenvalue weighted by molar-refractivity contribution is 0.0967. The number of anilines is 1. The zero-order chi connectivity index (χ0) is 18.1. The maximum atomic E-state index is 12.7. The molecule has 0 saturated heterocycles. The molecule has 1 aromatic heterocycles. The Hall–Kier alpha value is -2.43. The number of amides is 1. The highest BCUT2D eigenvalue weighted by Gasteiger charge is 2.19. The van der Waals surface area contributed by atoms with Crippen molar-refractivity contribution in [3.05, 3.63) is 69.9 Å². The molecule has 1 N–H and O–H groups in total. The molecule has 128 valence electrons. The second-order valence-corrected chi connectivity index (χ2v) is 6.42. The highest BCUT2D eigenvalue weighted by molar-refractivity contribution is 6.37. The fourth-order valence-corrected chi connectivity index (χ4v) is 3.02. The predicted octanol–water partition coefficient (Wildman–Crippen LogP) is 5.54. The molecule has 0 radical (unpaired) electrons. The minimum Gasteiger partial charge on any atom is -0.505 e. The van der Waals surface area contributed by atoms with Crippen molar-refractivity contribution >= 4 is 34.8 Å². The van der Waals surface area contributed by atoms with E-state index >= 15 is 0 Å². The molecule has 0 saturated carbocycles. The van der Waals surface area contributed by atoms with Crippen molar-refractivity contribution < 1.29 is 14.3 Å². The fraction of sp³-hybridized carbons (Fsp3) is 0.105. The number of carbonyl (C=O) groups excluding carboxylic acids is 1. The molecule has 3 rings (SSSR count). The largest absolute Gasteiger partial charge is 0.505 e. The monoisotopic (exact) mass is 375 g/mol. The van der Waals surface area contributed by atoms with E-state index in [9.17, 15) is 9.90 Å². The molecule has 0 atom stereocenters. The number of benzene rings is 2. The minimum absolute atomic E-state index is 0.115. The Morgan fingerprint density at radius 2 is 1.72 bits per heavy atom. The number of para-hydroxylation sites is 1. The summed E-state index contributed by atoms with van der Waals surface area (Å²) >= 11 is 11.9. The van der Waals surface area contributed by atoms with E-state index in [0.29, 0.717) is 11.3 Å². The summed E-state index contributed by atoms with van der Waals surface area (Å²) in [6.45, 7) is 1.94. The van der Waals surface area contributed by atoms with Crippen LogP contribution in [0.25, 0.3) is 11.3 Å². The second-order valence-electron chi connectivity index (χ2n) is 5.60. The first-order valence-corrected chi connectivity index (χ1v) is 8.26. The average molecular weight is 376 g/mol. The molecule has 3 aromatic rings. The van der Waals surface area contributed by atoms with E-state index in [1.165, 1.54) is 17.0 Å². The van der Waals surface area contributed by atoms with Crippen LogP contribution in [-0.2, 0) is 0 Å². The van der Waals surface area contributed by atoms with E-state index in [1.54, 1.807) is 19.2 Å². The highest BCUT2D eigenvalue weighted by atomic mass is 35.5. The first kappa shape index (κ1) is 17.4. The van der Waals surface area contributed by atoms with Crippen molar-refractivity contribution in [2.24, 2.45) is 0 Å². The van der Waals surface area contributed by atoms with Crippen LogP contribution in [0, 0.1) is 6.92 Å². The Morgan fingerprint density at radius 3 is 2.36 bits per heavy atom. The molecule has 4 nitrogen and oxygen atoms in total. The summed E-state index contributed by atoms with van der Waals surface area (Å²) in [5.74, 6) is 0.178. The fourth-order valence-electron chi connectivity index (χ4n) is 2.53. The van der Waals surface area contributed by atoms with E-state index in [1.807, 2.05) is 31.2 Å². The van der Waals surface area contributed by atoms with Gasteiger partial charge in [-0.15, -0.1) is 0 Å². The Morgan fingerprint density at radius 1 is 1.08 bits per heavy atom. The Kier molecular flexibility index (Phi) is 4.75. The number of aromatic hydroxyl groups is 1. The summed E-state index contributed by atoms with van der Waals surface area (Å²) < 4.78 is 5.67. The summed E-state index contributed by atoms with van der Waals surface area (Å²) in [6.07, 6.45) is 0. The number of carbonyl (C=O) groups is 1. The van der Waals surface area contributed by atoms with Gasteiger partial charge in [-0.3, -0.25) is 4.79 Å². The topological polar surface area (TPSA) is 53.7 Å². The van der Waals surface area contributed by atoms with Gasteiger partial charge >= 0.3 is 0 Å². The van der Waals surface area contributed by atoms with E-state index in [0.717, 1.165) is 11.3 Å². The lowest BCUT2D eigenvalue weighted by atomic mass is 10.1. The molecule has 0 unspecified atom stereocenters. The summed E-state index contributed by atoms with van der Waals surface area (Å²) in [5.41, 5.74) is 2.37. The number of hydrogen-bond donors (Lipinski definition) is 1. The summed E-state index contributed by atoms with van der Waals surface area (Å²) in [7, 11) is 1.70. The average Bonchev–Trinajstić information content (AvgIpc) is 3.08. The number of nitrogens with zero attached hydrogens (tertiary/aromatic N) is 1. The third-order valence-electron chi connectivity index (χ3n) is 3.90. The van der Waals surface area contributed by atoms with Crippen LogP contribution in [0.5, 0.6) is 5.75 Å². The van der Waals surface area contributed by atoms with Crippen LogP contribution < -0.4 is 4.90 Å². The molecule has 6 heteroatoms. The van der Waals surface area contributed by atoms with Gasteiger partial charge in [0.15, 0.2) is 11.5 Å². The lowest BCUT2D eigenvalue weighted by Crippen LogP contribution is -2.26. The van der Waals surface area contributed by atoms with E-state index in [4.69, 9.17) is 27.6 Å². The molecule has 2 aromatic carbocycles. The molecule has 1 amide bonds. The smallest absolute Gasteiger partial charge is 0.293 e. The summed E-state index contributed by atoms with van der Waals surface area (Å²) in [4.78, 5) is 14.2. The van der Waals surface area contributed by atoms with Crippen molar-refractivity contribution in [3.8, 4) is 17.1 Å². The van der Waals surface area contributed by atoms with Crippen LogP contribution in [0.15, 0.2) is 52.9 Å². The van der Waals surface area contributed by atoms with Crippen LogP contribution in [0.1, 0.15) is 16.1 Å². The van der Waals surface area contributed by atoms with Gasteiger partial charge in [-0.1, -0.05) is 41.4 Å². The summed E-state index contributed by atoms with van der Waals surface area (Å²) in [5, 5.41) is 9.87. The van der Waals surface area contributed by atoms with Gasteiger partial charge < -0.3 is 14.4 Å². The van der Waals surface area contributed by atoms with Gasteiger partial charge in [0.25, 0.3) is 5.91 Å².